The van der Waals surface area contributed by atoms with Crippen molar-refractivity contribution in [1.82, 2.24) is 35.4 Å². The van der Waals surface area contributed by atoms with Gasteiger partial charge in [0.1, 0.15) is 11.5 Å². The Hall–Kier alpha value is -4.58. The molecule has 11 nitrogen and oxygen atoms in total. The number of ether oxygens (including phenoxy) is 1. The lowest BCUT2D eigenvalue weighted by molar-refractivity contribution is -0.119. The van der Waals surface area contributed by atoms with Gasteiger partial charge in [0.05, 0.1) is 46.3 Å². The Balaban J connectivity index is 1.28. The fraction of sp³-hybridized carbons (Fsp3) is 0.226. The summed E-state index contributed by atoms with van der Waals surface area (Å²) in [4.78, 5) is 38.0. The van der Waals surface area contributed by atoms with E-state index in [1.807, 2.05) is 30.3 Å². The average molecular weight is 632 g/mol. The van der Waals surface area contributed by atoms with Gasteiger partial charge < -0.3 is 20.7 Å². The molecule has 0 aliphatic carbocycles. The Bertz CT molecular complexity index is 1950. The number of rotatable bonds is 9. The first kappa shape index (κ1) is 29.5. The normalized spacial score (nSPS) is 14.5. The van der Waals surface area contributed by atoms with Gasteiger partial charge in [-0.15, -0.1) is 0 Å². The van der Waals surface area contributed by atoms with E-state index in [1.165, 1.54) is 4.68 Å². The molecule has 0 spiro atoms. The van der Waals surface area contributed by atoms with E-state index in [0.717, 1.165) is 6.42 Å². The Kier molecular flexibility index (Phi) is 8.42. The Morgan fingerprint density at radius 1 is 1.02 bits per heavy atom. The highest BCUT2D eigenvalue weighted by atomic mass is 35.5. The number of benzene rings is 2. The van der Waals surface area contributed by atoms with Crippen LogP contribution in [-0.4, -0.2) is 50.3 Å². The number of anilines is 2. The molecule has 1 aliphatic rings. The number of hydrogen-bond acceptors (Lipinski definition) is 9. The standard InChI is InChI=1S/C31H28Cl2N8O3/c1-41-31(43)26-17(13-37-41)11-12-35-29(26)39-22-8-4-6-20(28(22)33)19-5-3-7-21(27(19)32)23-16-36-24(30(40-23)44-2)15-34-14-18-9-10-25(42)38-18/h3-8,11-13,16,18,34H,9-10,14-15H2,1-2H3,(H,35,39)(H,38,42). The zero-order chi connectivity index (χ0) is 30.8. The lowest BCUT2D eigenvalue weighted by atomic mass is 10.0. The second-order valence-corrected chi connectivity index (χ2v) is 11.1. The van der Waals surface area contributed by atoms with Crippen molar-refractivity contribution in [2.45, 2.75) is 25.4 Å². The van der Waals surface area contributed by atoms with Gasteiger partial charge in [-0.25, -0.2) is 14.6 Å². The van der Waals surface area contributed by atoms with E-state index in [0.29, 0.717) is 85.8 Å². The maximum Gasteiger partial charge on any atom is 0.278 e. The number of aryl methyl sites for hydroxylation is 1. The zero-order valence-electron chi connectivity index (χ0n) is 23.9. The number of methoxy groups -OCH3 is 1. The Morgan fingerprint density at radius 3 is 2.57 bits per heavy atom. The Morgan fingerprint density at radius 2 is 1.80 bits per heavy atom. The van der Waals surface area contributed by atoms with E-state index < -0.39 is 0 Å². The average Bonchev–Trinajstić information content (AvgIpc) is 3.45. The molecular formula is C31H28Cl2N8O3. The van der Waals surface area contributed by atoms with Gasteiger partial charge in [-0.05, 0) is 18.6 Å². The van der Waals surface area contributed by atoms with Crippen LogP contribution in [0.5, 0.6) is 5.88 Å². The summed E-state index contributed by atoms with van der Waals surface area (Å²) in [6, 6.07) is 13.0. The van der Waals surface area contributed by atoms with Crippen LogP contribution in [0.2, 0.25) is 10.0 Å². The molecule has 1 amide bonds. The number of halogens is 2. The number of amides is 1. The summed E-state index contributed by atoms with van der Waals surface area (Å²) in [5.41, 5.74) is 3.48. The number of nitrogens with zero attached hydrogens (tertiary/aromatic N) is 5. The summed E-state index contributed by atoms with van der Waals surface area (Å²) in [6.45, 7) is 1.06. The first-order valence-corrected chi connectivity index (χ1v) is 14.7. The van der Waals surface area contributed by atoms with Gasteiger partial charge in [0.25, 0.3) is 5.56 Å². The molecule has 0 radical (unpaired) electrons. The van der Waals surface area contributed by atoms with Crippen LogP contribution >= 0.6 is 23.2 Å². The summed E-state index contributed by atoms with van der Waals surface area (Å²) in [6.07, 6.45) is 6.24. The van der Waals surface area contributed by atoms with Crippen LogP contribution in [0.15, 0.2) is 65.8 Å². The molecule has 44 heavy (non-hydrogen) atoms. The largest absolute Gasteiger partial charge is 0.480 e. The van der Waals surface area contributed by atoms with Crippen molar-refractivity contribution < 1.29 is 9.53 Å². The van der Waals surface area contributed by atoms with E-state index >= 15 is 0 Å². The van der Waals surface area contributed by atoms with Gasteiger partial charge in [0, 0.05) is 60.9 Å². The second-order valence-electron chi connectivity index (χ2n) is 10.3. The lowest BCUT2D eigenvalue weighted by Crippen LogP contribution is -2.35. The maximum atomic E-state index is 12.8. The highest BCUT2D eigenvalue weighted by molar-refractivity contribution is 6.39. The minimum Gasteiger partial charge on any atom is -0.480 e. The molecule has 5 aromatic rings. The molecule has 6 rings (SSSR count). The summed E-state index contributed by atoms with van der Waals surface area (Å²) >= 11 is 13.9. The third-order valence-corrected chi connectivity index (χ3v) is 8.27. The van der Waals surface area contributed by atoms with E-state index in [-0.39, 0.29) is 17.5 Å². The molecule has 1 atom stereocenters. The van der Waals surface area contributed by atoms with Crippen LogP contribution in [0, 0.1) is 0 Å². The first-order valence-electron chi connectivity index (χ1n) is 13.9. The van der Waals surface area contributed by atoms with Crippen molar-refractivity contribution in [2.75, 3.05) is 19.0 Å². The molecule has 0 saturated carbocycles. The minimum atomic E-state index is -0.276. The summed E-state index contributed by atoms with van der Waals surface area (Å²) in [5.74, 6) is 0.822. The van der Waals surface area contributed by atoms with Crippen molar-refractivity contribution in [3.8, 4) is 28.3 Å². The predicted molar refractivity (Wildman–Crippen MR) is 170 cm³/mol. The number of pyridine rings is 1. The van der Waals surface area contributed by atoms with Crippen molar-refractivity contribution >= 4 is 51.4 Å². The van der Waals surface area contributed by atoms with Crippen molar-refractivity contribution in [1.29, 1.82) is 0 Å². The predicted octanol–water partition coefficient (Wildman–Crippen LogP) is 4.88. The molecule has 1 unspecified atom stereocenters. The quantitative estimate of drug-likeness (QED) is 0.208. The van der Waals surface area contributed by atoms with Crippen LogP contribution < -0.4 is 26.2 Å². The topological polar surface area (TPSA) is 136 Å². The lowest BCUT2D eigenvalue weighted by Gasteiger charge is -2.16. The molecule has 1 aliphatic heterocycles. The zero-order valence-corrected chi connectivity index (χ0v) is 25.4. The summed E-state index contributed by atoms with van der Waals surface area (Å²) in [5, 5.41) is 15.5. The third-order valence-electron chi connectivity index (χ3n) is 7.45. The molecule has 4 heterocycles. The molecule has 13 heteroatoms. The maximum absolute atomic E-state index is 12.8. The second kappa shape index (κ2) is 12.6. The molecule has 224 valence electrons. The monoisotopic (exact) mass is 630 g/mol. The molecule has 3 aromatic heterocycles. The fourth-order valence-electron chi connectivity index (χ4n) is 5.18. The van der Waals surface area contributed by atoms with E-state index in [1.54, 1.807) is 44.9 Å². The highest BCUT2D eigenvalue weighted by Gasteiger charge is 2.21. The van der Waals surface area contributed by atoms with Gasteiger partial charge in [-0.2, -0.15) is 5.10 Å². The summed E-state index contributed by atoms with van der Waals surface area (Å²) in [7, 11) is 3.13. The van der Waals surface area contributed by atoms with Crippen LogP contribution in [0.1, 0.15) is 18.5 Å². The van der Waals surface area contributed by atoms with Gasteiger partial charge >= 0.3 is 0 Å². The number of carbonyl (C=O) groups is 1. The number of carbonyl (C=O) groups excluding carboxylic acids is 1. The molecule has 1 fully saturated rings. The molecule has 0 bridgehead atoms. The molecule has 1 saturated heterocycles. The Labute approximate surface area is 262 Å². The molecule has 3 N–H and O–H groups in total. The minimum absolute atomic E-state index is 0.0774. The van der Waals surface area contributed by atoms with Crippen LogP contribution in [0.4, 0.5) is 11.5 Å². The number of aromatic nitrogens is 5. The SMILES string of the molecule is COc1nc(-c2cccc(-c3cccc(Nc4nccc5cnn(C)c(=O)c45)c3Cl)c2Cl)cnc1CNCC1CCC(=O)N1. The fourth-order valence-corrected chi connectivity index (χ4v) is 5.78. The van der Waals surface area contributed by atoms with Crippen molar-refractivity contribution in [3.63, 3.8) is 0 Å². The number of fused-ring (bicyclic) bond motifs is 1. The first-order chi connectivity index (χ1) is 21.3. The van der Waals surface area contributed by atoms with Crippen LogP contribution in [0.3, 0.4) is 0 Å². The van der Waals surface area contributed by atoms with E-state index in [4.69, 9.17) is 32.9 Å². The third kappa shape index (κ3) is 5.81. The van der Waals surface area contributed by atoms with Crippen LogP contribution in [-0.2, 0) is 18.4 Å². The van der Waals surface area contributed by atoms with Crippen molar-refractivity contribution in [3.05, 3.63) is 87.1 Å². The van der Waals surface area contributed by atoms with Crippen LogP contribution in [0.25, 0.3) is 33.2 Å². The van der Waals surface area contributed by atoms with Crippen molar-refractivity contribution in [2.24, 2.45) is 7.05 Å². The molecular weight excluding hydrogens is 603 g/mol. The van der Waals surface area contributed by atoms with Gasteiger partial charge in [0.2, 0.25) is 11.8 Å². The summed E-state index contributed by atoms with van der Waals surface area (Å²) < 4.78 is 6.81. The number of nitrogens with one attached hydrogen (secondary N) is 3. The smallest absolute Gasteiger partial charge is 0.278 e. The molecule has 2 aromatic carbocycles. The van der Waals surface area contributed by atoms with Gasteiger partial charge in [0.15, 0.2) is 0 Å². The van der Waals surface area contributed by atoms with Gasteiger partial charge in [-0.1, -0.05) is 53.5 Å². The van der Waals surface area contributed by atoms with E-state index in [9.17, 15) is 9.59 Å². The number of hydrogen-bond donors (Lipinski definition) is 3. The van der Waals surface area contributed by atoms with Gasteiger partial charge in [-0.3, -0.25) is 14.6 Å². The highest BCUT2D eigenvalue weighted by Crippen LogP contribution is 2.42. The van der Waals surface area contributed by atoms with E-state index in [2.05, 4.69) is 31.0 Å².